The van der Waals surface area contributed by atoms with E-state index in [1.54, 1.807) is 11.1 Å². The van der Waals surface area contributed by atoms with Gasteiger partial charge in [0, 0.05) is 29.2 Å². The average molecular weight is 407 g/mol. The molecule has 1 aliphatic rings. The Bertz CT molecular complexity index is 966. The van der Waals surface area contributed by atoms with Crippen molar-refractivity contribution >= 4 is 32.6 Å². The fourth-order valence-electron chi connectivity index (χ4n) is 3.70. The Balaban J connectivity index is 1.61. The summed E-state index contributed by atoms with van der Waals surface area (Å²) < 4.78 is 28.8. The number of esters is 1. The highest BCUT2D eigenvalue weighted by atomic mass is 32.2. The highest BCUT2D eigenvalue weighted by molar-refractivity contribution is 7.91. The van der Waals surface area contributed by atoms with Crippen molar-refractivity contribution in [2.75, 3.05) is 18.1 Å². The largest absolute Gasteiger partial charge is 0.455 e. The van der Waals surface area contributed by atoms with Crippen LogP contribution < -0.4 is 0 Å². The van der Waals surface area contributed by atoms with Gasteiger partial charge in [-0.25, -0.2) is 8.42 Å². The quantitative estimate of drug-likeness (QED) is 0.710. The minimum atomic E-state index is -3.11. The summed E-state index contributed by atoms with van der Waals surface area (Å²) in [6, 6.07) is 7.19. The molecule has 1 N–H and O–H groups in total. The molecule has 0 bridgehead atoms. The number of H-pyrrole nitrogens is 1. The standard InChI is InChI=1S/C20H26N2O5S/c1-3-14(2)22(16-8-9-28(25,26)13-16)19(23)12-27-20(24)10-15-11-21-18-7-5-4-6-17(15)18/h4-7,11,14,16,21H,3,8-10,12-13H2,1-2H3/t14-,16-/m0/s1. The van der Waals surface area contributed by atoms with E-state index >= 15 is 0 Å². The van der Waals surface area contributed by atoms with Crippen LogP contribution >= 0.6 is 0 Å². The van der Waals surface area contributed by atoms with Gasteiger partial charge in [0.05, 0.1) is 17.9 Å². The zero-order valence-corrected chi connectivity index (χ0v) is 17.0. The van der Waals surface area contributed by atoms with Crippen molar-refractivity contribution in [3.63, 3.8) is 0 Å². The summed E-state index contributed by atoms with van der Waals surface area (Å²) in [6.07, 6.45) is 2.97. The van der Waals surface area contributed by atoms with Gasteiger partial charge in [-0.3, -0.25) is 9.59 Å². The number of carbonyl (C=O) groups is 2. The van der Waals surface area contributed by atoms with Crippen LogP contribution in [0.3, 0.4) is 0 Å². The lowest BCUT2D eigenvalue weighted by Gasteiger charge is -2.33. The summed E-state index contributed by atoms with van der Waals surface area (Å²) in [5.74, 6) is -0.755. The highest BCUT2D eigenvalue weighted by Gasteiger charge is 2.36. The molecule has 3 rings (SSSR count). The third kappa shape index (κ3) is 4.55. The number of benzene rings is 1. The van der Waals surface area contributed by atoms with Crippen molar-refractivity contribution in [1.29, 1.82) is 0 Å². The second-order valence-electron chi connectivity index (χ2n) is 7.31. The smallest absolute Gasteiger partial charge is 0.310 e. The maximum Gasteiger partial charge on any atom is 0.310 e. The van der Waals surface area contributed by atoms with Crippen LogP contribution in [0.1, 0.15) is 32.3 Å². The SMILES string of the molecule is CC[C@H](C)N(C(=O)COC(=O)Cc1c[nH]c2ccccc12)[C@H]1CCS(=O)(=O)C1. The number of amides is 1. The van der Waals surface area contributed by atoms with Crippen LogP contribution in [-0.4, -0.2) is 60.4 Å². The van der Waals surface area contributed by atoms with E-state index in [0.717, 1.165) is 16.5 Å². The molecule has 2 heterocycles. The highest BCUT2D eigenvalue weighted by Crippen LogP contribution is 2.22. The predicted molar refractivity (Wildman–Crippen MR) is 107 cm³/mol. The predicted octanol–water partition coefficient (Wildman–Crippen LogP) is 2.07. The number of fused-ring (bicyclic) bond motifs is 1. The van der Waals surface area contributed by atoms with Gasteiger partial charge in [0.15, 0.2) is 16.4 Å². The topological polar surface area (TPSA) is 96.5 Å². The van der Waals surface area contributed by atoms with E-state index in [0.29, 0.717) is 12.8 Å². The van der Waals surface area contributed by atoms with Crippen LogP contribution in [0.25, 0.3) is 10.9 Å². The number of hydrogen-bond acceptors (Lipinski definition) is 5. The molecule has 0 aliphatic carbocycles. The molecule has 28 heavy (non-hydrogen) atoms. The molecule has 1 aliphatic heterocycles. The number of rotatable bonds is 7. The van der Waals surface area contributed by atoms with Crippen LogP contribution in [-0.2, 0) is 30.6 Å². The Morgan fingerprint density at radius 2 is 2.07 bits per heavy atom. The Morgan fingerprint density at radius 1 is 1.32 bits per heavy atom. The molecule has 7 nitrogen and oxygen atoms in total. The van der Waals surface area contributed by atoms with Crippen molar-refractivity contribution in [2.24, 2.45) is 0 Å². The molecule has 1 aromatic heterocycles. The maximum atomic E-state index is 12.7. The third-order valence-corrected chi connectivity index (χ3v) is 7.07. The lowest BCUT2D eigenvalue weighted by molar-refractivity contribution is -0.153. The zero-order chi connectivity index (χ0) is 20.3. The number of para-hydroxylation sites is 1. The number of carbonyl (C=O) groups excluding carboxylic acids is 2. The van der Waals surface area contributed by atoms with Gasteiger partial charge < -0.3 is 14.6 Å². The van der Waals surface area contributed by atoms with E-state index in [1.807, 2.05) is 38.1 Å². The zero-order valence-electron chi connectivity index (χ0n) is 16.2. The summed E-state index contributed by atoms with van der Waals surface area (Å²) in [6.45, 7) is 3.45. The number of aromatic amines is 1. The maximum absolute atomic E-state index is 12.7. The number of ether oxygens (including phenoxy) is 1. The molecule has 1 aromatic carbocycles. The minimum Gasteiger partial charge on any atom is -0.455 e. The third-order valence-electron chi connectivity index (χ3n) is 5.32. The van der Waals surface area contributed by atoms with Gasteiger partial charge in [0.1, 0.15) is 0 Å². The van der Waals surface area contributed by atoms with Crippen LogP contribution in [0.5, 0.6) is 0 Å². The summed E-state index contributed by atoms with van der Waals surface area (Å²) in [5, 5.41) is 0.947. The van der Waals surface area contributed by atoms with E-state index in [9.17, 15) is 18.0 Å². The van der Waals surface area contributed by atoms with Crippen LogP contribution in [0.4, 0.5) is 0 Å². The average Bonchev–Trinajstić information content (AvgIpc) is 3.23. The first-order valence-corrected chi connectivity index (χ1v) is 11.3. The lowest BCUT2D eigenvalue weighted by Crippen LogP contribution is -2.48. The van der Waals surface area contributed by atoms with Gasteiger partial charge in [0.2, 0.25) is 0 Å². The normalized spacial score (nSPS) is 19.4. The number of nitrogens with one attached hydrogen (secondary N) is 1. The lowest BCUT2D eigenvalue weighted by atomic mass is 10.1. The van der Waals surface area contributed by atoms with E-state index in [4.69, 9.17) is 4.74 Å². The molecular formula is C20H26N2O5S. The van der Waals surface area contributed by atoms with Crippen molar-refractivity contribution in [3.8, 4) is 0 Å². The fourth-order valence-corrected chi connectivity index (χ4v) is 5.41. The van der Waals surface area contributed by atoms with Crippen molar-refractivity contribution in [2.45, 2.75) is 45.2 Å². The first-order valence-electron chi connectivity index (χ1n) is 9.53. The molecule has 0 unspecified atom stereocenters. The first kappa shape index (κ1) is 20.4. The van der Waals surface area contributed by atoms with Gasteiger partial charge in [-0.2, -0.15) is 0 Å². The summed E-state index contributed by atoms with van der Waals surface area (Å²) >= 11 is 0. The fraction of sp³-hybridized carbons (Fsp3) is 0.500. The molecule has 0 saturated carbocycles. The van der Waals surface area contributed by atoms with Gasteiger partial charge in [-0.1, -0.05) is 25.1 Å². The molecule has 152 valence electrons. The number of nitrogens with zero attached hydrogens (tertiary/aromatic N) is 1. The number of hydrogen-bond donors (Lipinski definition) is 1. The molecule has 1 saturated heterocycles. The molecule has 8 heteroatoms. The van der Waals surface area contributed by atoms with Crippen molar-refractivity contribution < 1.29 is 22.7 Å². The van der Waals surface area contributed by atoms with Gasteiger partial charge >= 0.3 is 5.97 Å². The van der Waals surface area contributed by atoms with E-state index in [-0.39, 0.29) is 42.5 Å². The monoisotopic (exact) mass is 406 g/mol. The number of sulfone groups is 1. The Kier molecular flexibility index (Phi) is 6.07. The van der Waals surface area contributed by atoms with E-state index in [2.05, 4.69) is 4.98 Å². The second-order valence-corrected chi connectivity index (χ2v) is 9.54. The molecule has 0 radical (unpaired) electrons. The van der Waals surface area contributed by atoms with Crippen molar-refractivity contribution in [3.05, 3.63) is 36.0 Å². The summed E-state index contributed by atoms with van der Waals surface area (Å²) in [4.78, 5) is 29.6. The molecule has 1 fully saturated rings. The number of aromatic nitrogens is 1. The summed E-state index contributed by atoms with van der Waals surface area (Å²) in [5.41, 5.74) is 1.75. The second kappa shape index (κ2) is 8.34. The van der Waals surface area contributed by atoms with Crippen LogP contribution in [0.15, 0.2) is 30.5 Å². The van der Waals surface area contributed by atoms with E-state index in [1.165, 1.54) is 0 Å². The van der Waals surface area contributed by atoms with E-state index < -0.39 is 15.8 Å². The van der Waals surface area contributed by atoms with Gasteiger partial charge in [-0.05, 0) is 31.4 Å². The van der Waals surface area contributed by atoms with Crippen molar-refractivity contribution in [1.82, 2.24) is 9.88 Å². The molecule has 2 aromatic rings. The van der Waals surface area contributed by atoms with Crippen LogP contribution in [0.2, 0.25) is 0 Å². The minimum absolute atomic E-state index is 0.0215. The van der Waals surface area contributed by atoms with Gasteiger partial charge in [-0.15, -0.1) is 0 Å². The molecule has 0 spiro atoms. The molecular weight excluding hydrogens is 380 g/mol. The van der Waals surface area contributed by atoms with Crippen LogP contribution in [0, 0.1) is 0 Å². The Labute approximate surface area is 165 Å². The molecule has 1 amide bonds. The van der Waals surface area contributed by atoms with Gasteiger partial charge in [0.25, 0.3) is 5.91 Å². The summed E-state index contributed by atoms with van der Waals surface area (Å²) in [7, 11) is -3.11. The Hall–Kier alpha value is -2.35. The first-order chi connectivity index (χ1) is 13.3. The molecule has 2 atom stereocenters. The Morgan fingerprint density at radius 3 is 2.75 bits per heavy atom.